The van der Waals surface area contributed by atoms with Crippen LogP contribution in [-0.2, 0) is 0 Å². The number of aliphatic imine (C=N–C) groups is 1. The number of benzene rings is 5. The Morgan fingerprint density at radius 2 is 1.37 bits per heavy atom. The van der Waals surface area contributed by atoms with Gasteiger partial charge in [0.1, 0.15) is 6.17 Å². The van der Waals surface area contributed by atoms with Crippen molar-refractivity contribution in [3.63, 3.8) is 0 Å². The van der Waals surface area contributed by atoms with Gasteiger partial charge in [0.05, 0.1) is 11.9 Å². The Kier molecular flexibility index (Phi) is 7.52. The third-order valence-corrected chi connectivity index (χ3v) is 9.04. The van der Waals surface area contributed by atoms with Crippen LogP contribution in [0.4, 0.5) is 0 Å². The van der Waals surface area contributed by atoms with Crippen LogP contribution in [0.2, 0.25) is 0 Å². The van der Waals surface area contributed by atoms with E-state index in [4.69, 9.17) is 10.7 Å². The van der Waals surface area contributed by atoms with Crippen molar-refractivity contribution in [2.24, 2.45) is 10.7 Å². The molecule has 0 amide bonds. The average Bonchev–Trinajstić information content (AvgIpc) is 3.48. The molecule has 0 bridgehead atoms. The summed E-state index contributed by atoms with van der Waals surface area (Å²) < 4.78 is 0. The van der Waals surface area contributed by atoms with Crippen LogP contribution in [0.25, 0.3) is 38.2 Å². The van der Waals surface area contributed by atoms with E-state index in [0.29, 0.717) is 5.92 Å². The highest BCUT2D eigenvalue weighted by molar-refractivity contribution is 6.16. The highest BCUT2D eigenvalue weighted by Crippen LogP contribution is 2.43. The molecule has 0 radical (unpaired) electrons. The summed E-state index contributed by atoms with van der Waals surface area (Å²) in [5, 5.41) is 8.89. The minimum atomic E-state index is -0.418. The van der Waals surface area contributed by atoms with Crippen LogP contribution in [0.1, 0.15) is 68.3 Å². The van der Waals surface area contributed by atoms with Gasteiger partial charge in [0, 0.05) is 5.57 Å². The van der Waals surface area contributed by atoms with Crippen LogP contribution >= 0.6 is 0 Å². The first-order valence-electron chi connectivity index (χ1n) is 15.7. The number of hydrogen-bond donors (Lipinski definition) is 2. The number of nitrogens with one attached hydrogen (secondary N) is 1. The summed E-state index contributed by atoms with van der Waals surface area (Å²) in [6.45, 7) is 4.58. The maximum Gasteiger partial charge on any atom is 0.128 e. The maximum absolute atomic E-state index is 7.12. The molecule has 3 heteroatoms. The summed E-state index contributed by atoms with van der Waals surface area (Å²) in [5.74, 6) is 0.403. The van der Waals surface area contributed by atoms with Crippen LogP contribution in [0.3, 0.4) is 0 Å². The van der Waals surface area contributed by atoms with Crippen molar-refractivity contribution < 1.29 is 0 Å². The van der Waals surface area contributed by atoms with Gasteiger partial charge in [-0.25, -0.2) is 0 Å². The number of nitrogens with two attached hydrogens (primary N) is 1. The van der Waals surface area contributed by atoms with E-state index in [0.717, 1.165) is 29.7 Å². The molecule has 2 atom stereocenters. The molecule has 3 nitrogen and oxygen atoms in total. The molecule has 2 aliphatic rings. The zero-order valence-electron chi connectivity index (χ0n) is 25.1. The smallest absolute Gasteiger partial charge is 0.128 e. The van der Waals surface area contributed by atoms with Gasteiger partial charge in [-0.3, -0.25) is 10.3 Å². The van der Waals surface area contributed by atoms with E-state index in [9.17, 15) is 0 Å². The third-order valence-electron chi connectivity index (χ3n) is 9.04. The van der Waals surface area contributed by atoms with E-state index < -0.39 is 6.17 Å². The number of fused-ring (bicyclic) bond motifs is 2. The summed E-state index contributed by atoms with van der Waals surface area (Å²) >= 11 is 0. The molecule has 5 aromatic carbocycles. The number of rotatable bonds is 7. The first kappa shape index (κ1) is 27.5. The van der Waals surface area contributed by atoms with Gasteiger partial charge in [-0.2, -0.15) is 0 Å². The lowest BCUT2D eigenvalue weighted by molar-refractivity contribution is 0.518. The molecule has 43 heavy (non-hydrogen) atoms. The van der Waals surface area contributed by atoms with Crippen LogP contribution in [0.5, 0.6) is 0 Å². The predicted molar refractivity (Wildman–Crippen MR) is 183 cm³/mol. The molecule has 3 N–H and O–H groups in total. The van der Waals surface area contributed by atoms with Crippen molar-refractivity contribution in [2.75, 3.05) is 0 Å². The minimum Gasteiger partial charge on any atom is -0.312 e. The monoisotopic (exact) mass is 561 g/mol. The minimum absolute atomic E-state index is 0.222. The first-order chi connectivity index (χ1) is 21.1. The molecule has 1 aliphatic carbocycles. The van der Waals surface area contributed by atoms with E-state index >= 15 is 0 Å². The van der Waals surface area contributed by atoms with Gasteiger partial charge < -0.3 is 5.73 Å². The molecule has 7 rings (SSSR count). The molecule has 5 aromatic rings. The lowest BCUT2D eigenvalue weighted by atomic mass is 9.83. The lowest BCUT2D eigenvalue weighted by Crippen LogP contribution is -2.36. The molecule has 214 valence electrons. The second-order valence-corrected chi connectivity index (χ2v) is 12.1. The second-order valence-electron chi connectivity index (χ2n) is 12.1. The first-order valence-corrected chi connectivity index (χ1v) is 15.7. The molecule has 0 aromatic heterocycles. The topological polar surface area (TPSA) is 50.4 Å². The largest absolute Gasteiger partial charge is 0.312 e. The van der Waals surface area contributed by atoms with Gasteiger partial charge >= 0.3 is 0 Å². The number of allylic oxidation sites excluding steroid dienone is 3. The quantitative estimate of drug-likeness (QED) is 0.153. The molecule has 1 aliphatic heterocycles. The average molecular weight is 562 g/mol. The second kappa shape index (κ2) is 11.8. The molecule has 0 fully saturated rings. The summed E-state index contributed by atoms with van der Waals surface area (Å²) in [6.07, 6.45) is 8.71. The van der Waals surface area contributed by atoms with E-state index in [2.05, 4.69) is 134 Å². The predicted octanol–water partition coefficient (Wildman–Crippen LogP) is 9.69. The van der Waals surface area contributed by atoms with E-state index in [-0.39, 0.29) is 6.17 Å². The van der Waals surface area contributed by atoms with Crippen molar-refractivity contribution in [2.45, 2.75) is 57.8 Å². The van der Waals surface area contributed by atoms with Crippen LogP contribution in [0, 0.1) is 0 Å². The SMILES string of the molecule is CC(C)c1c2ccccc2c(-c2ccccc2C(N)NC2N=C(C3=CCCCC3)C=C2c2ccccc2)c2ccccc12. The Bertz CT molecular complexity index is 1840. The zero-order chi connectivity index (χ0) is 29.3. The number of nitrogens with zero attached hydrogens (tertiary/aromatic N) is 1. The fourth-order valence-electron chi connectivity index (χ4n) is 7.05. The summed E-state index contributed by atoms with van der Waals surface area (Å²) in [6, 6.07) is 36.9. The Labute approximate surface area is 254 Å². The van der Waals surface area contributed by atoms with E-state index in [1.54, 1.807) is 0 Å². The zero-order valence-corrected chi connectivity index (χ0v) is 25.1. The highest BCUT2D eigenvalue weighted by atomic mass is 15.2. The van der Waals surface area contributed by atoms with Crippen molar-refractivity contribution in [1.82, 2.24) is 5.32 Å². The molecular formula is C40H39N3. The Morgan fingerprint density at radius 3 is 2.02 bits per heavy atom. The Hall–Kier alpha value is -4.31. The van der Waals surface area contributed by atoms with E-state index in [1.807, 2.05) is 0 Å². The highest BCUT2D eigenvalue weighted by Gasteiger charge is 2.27. The molecule has 0 saturated carbocycles. The van der Waals surface area contributed by atoms with Gasteiger partial charge in [-0.1, -0.05) is 123 Å². The molecule has 0 spiro atoms. The van der Waals surface area contributed by atoms with Gasteiger partial charge in [-0.05, 0) is 92.6 Å². The molecule has 1 heterocycles. The van der Waals surface area contributed by atoms with Gasteiger partial charge in [0.25, 0.3) is 0 Å². The van der Waals surface area contributed by atoms with Crippen LogP contribution < -0.4 is 11.1 Å². The lowest BCUT2D eigenvalue weighted by Gasteiger charge is -2.25. The van der Waals surface area contributed by atoms with Gasteiger partial charge in [0.15, 0.2) is 0 Å². The van der Waals surface area contributed by atoms with Gasteiger partial charge in [0.2, 0.25) is 0 Å². The fourth-order valence-corrected chi connectivity index (χ4v) is 7.05. The molecule has 0 saturated heterocycles. The van der Waals surface area contributed by atoms with Crippen LogP contribution in [0.15, 0.2) is 126 Å². The summed E-state index contributed by atoms with van der Waals surface area (Å²) in [5.41, 5.74) is 16.8. The van der Waals surface area contributed by atoms with E-state index in [1.165, 1.54) is 62.2 Å². The fraction of sp³-hybridized carbons (Fsp3) is 0.225. The summed E-state index contributed by atoms with van der Waals surface area (Å²) in [7, 11) is 0. The van der Waals surface area contributed by atoms with Crippen molar-refractivity contribution in [3.05, 3.63) is 138 Å². The Morgan fingerprint density at radius 1 is 0.744 bits per heavy atom. The van der Waals surface area contributed by atoms with Crippen molar-refractivity contribution in [3.8, 4) is 11.1 Å². The standard InChI is InChI=1S/C40H39N3/c1-26(2)37-29-19-9-11-21-31(29)38(32-22-12-10-20-30(32)37)33-23-13-14-24-34(33)39(41)43-40-35(27-15-5-3-6-16-27)25-36(42-40)28-17-7-4-8-18-28/h3,5-6,9-17,19-26,39-40,43H,4,7-8,18,41H2,1-2H3. The maximum atomic E-state index is 7.12. The summed E-state index contributed by atoms with van der Waals surface area (Å²) in [4.78, 5) is 5.23. The van der Waals surface area contributed by atoms with Crippen molar-refractivity contribution >= 4 is 32.8 Å². The third kappa shape index (κ3) is 5.14. The van der Waals surface area contributed by atoms with Gasteiger partial charge in [-0.15, -0.1) is 0 Å². The Balaban J connectivity index is 1.34. The molecular weight excluding hydrogens is 522 g/mol. The normalized spacial score (nSPS) is 17.7. The van der Waals surface area contributed by atoms with Crippen molar-refractivity contribution in [1.29, 1.82) is 0 Å². The van der Waals surface area contributed by atoms with Crippen LogP contribution in [-0.4, -0.2) is 11.9 Å². The number of hydrogen-bond acceptors (Lipinski definition) is 3. The molecule has 2 unspecified atom stereocenters.